The van der Waals surface area contributed by atoms with Crippen LogP contribution in [-0.4, -0.2) is 62.2 Å². The van der Waals surface area contributed by atoms with Gasteiger partial charge in [-0.1, -0.05) is 24.3 Å². The van der Waals surface area contributed by atoms with Crippen molar-refractivity contribution >= 4 is 11.6 Å². The Hall–Kier alpha value is -2.77. The number of nitrogens with two attached hydrogens (primary N) is 1. The Kier molecular flexibility index (Phi) is 6.71. The number of anilines is 1. The number of hydrogen-bond donors (Lipinski definition) is 2. The van der Waals surface area contributed by atoms with Crippen LogP contribution in [-0.2, 0) is 13.1 Å². The molecule has 0 spiro atoms. The Morgan fingerprint density at radius 3 is 2.43 bits per heavy atom. The third-order valence-electron chi connectivity index (χ3n) is 5.48. The van der Waals surface area contributed by atoms with Crippen LogP contribution in [0.3, 0.4) is 0 Å². The van der Waals surface area contributed by atoms with Crippen molar-refractivity contribution in [3.8, 4) is 11.5 Å². The van der Waals surface area contributed by atoms with Gasteiger partial charge in [0.15, 0.2) is 17.5 Å². The molecule has 2 aliphatic rings. The molecule has 3 N–H and O–H groups in total. The van der Waals surface area contributed by atoms with E-state index in [0.29, 0.717) is 25.7 Å². The van der Waals surface area contributed by atoms with Crippen molar-refractivity contribution < 1.29 is 9.47 Å². The molecule has 0 atom stereocenters. The van der Waals surface area contributed by atoms with Gasteiger partial charge in [-0.2, -0.15) is 0 Å². The third-order valence-corrected chi connectivity index (χ3v) is 5.48. The predicted molar refractivity (Wildman–Crippen MR) is 120 cm³/mol. The maximum Gasteiger partial charge on any atom is 0.193 e. The van der Waals surface area contributed by atoms with Gasteiger partial charge in [-0.15, -0.1) is 0 Å². The van der Waals surface area contributed by atoms with Crippen molar-refractivity contribution in [1.82, 2.24) is 9.80 Å². The van der Waals surface area contributed by atoms with Crippen LogP contribution in [0.25, 0.3) is 0 Å². The summed E-state index contributed by atoms with van der Waals surface area (Å²) in [6.45, 7) is 7.42. The second kappa shape index (κ2) is 9.82. The van der Waals surface area contributed by atoms with Crippen LogP contribution in [0.4, 0.5) is 5.69 Å². The standard InChI is InChI=1S/C23H31N5O2/c1-27-9-11-28(12-10-27)17-19-5-3-18(4-6-19)16-25-23(24)26-20-7-8-21-22(15-20)30-14-2-13-29-21/h3-8,15H,2,9-14,16-17H2,1H3,(H3,24,25,26). The zero-order chi connectivity index (χ0) is 20.8. The molecule has 30 heavy (non-hydrogen) atoms. The Morgan fingerprint density at radius 2 is 1.67 bits per heavy atom. The Morgan fingerprint density at radius 1 is 0.967 bits per heavy atom. The molecule has 160 valence electrons. The minimum atomic E-state index is 0.381. The molecule has 0 radical (unpaired) electrons. The highest BCUT2D eigenvalue weighted by Crippen LogP contribution is 2.32. The summed E-state index contributed by atoms with van der Waals surface area (Å²) < 4.78 is 11.4. The van der Waals surface area contributed by atoms with Gasteiger partial charge in [0.2, 0.25) is 0 Å². The summed E-state index contributed by atoms with van der Waals surface area (Å²) in [4.78, 5) is 9.35. The van der Waals surface area contributed by atoms with E-state index in [4.69, 9.17) is 15.2 Å². The van der Waals surface area contributed by atoms with Crippen LogP contribution >= 0.6 is 0 Å². The van der Waals surface area contributed by atoms with Gasteiger partial charge >= 0.3 is 0 Å². The normalized spacial score (nSPS) is 18.1. The lowest BCUT2D eigenvalue weighted by Crippen LogP contribution is -2.43. The van der Waals surface area contributed by atoms with Gasteiger partial charge in [0.25, 0.3) is 0 Å². The number of benzene rings is 2. The Bertz CT molecular complexity index is 860. The highest BCUT2D eigenvalue weighted by atomic mass is 16.5. The Balaban J connectivity index is 1.29. The molecule has 1 fully saturated rings. The van der Waals surface area contributed by atoms with Crippen molar-refractivity contribution in [1.29, 1.82) is 0 Å². The molecule has 0 saturated carbocycles. The lowest BCUT2D eigenvalue weighted by atomic mass is 10.1. The number of likely N-dealkylation sites (N-methyl/N-ethyl adjacent to an activating group) is 1. The van der Waals surface area contributed by atoms with Gasteiger partial charge in [-0.25, -0.2) is 4.99 Å². The van der Waals surface area contributed by atoms with Crippen molar-refractivity contribution in [3.05, 3.63) is 53.6 Å². The fourth-order valence-electron chi connectivity index (χ4n) is 3.62. The first-order valence-corrected chi connectivity index (χ1v) is 10.6. The first-order chi connectivity index (χ1) is 14.7. The largest absolute Gasteiger partial charge is 0.490 e. The average molecular weight is 410 g/mol. The number of guanidine groups is 1. The van der Waals surface area contributed by atoms with E-state index in [1.54, 1.807) is 0 Å². The molecular formula is C23H31N5O2. The number of ether oxygens (including phenoxy) is 2. The maximum atomic E-state index is 6.08. The maximum absolute atomic E-state index is 6.08. The zero-order valence-corrected chi connectivity index (χ0v) is 17.6. The summed E-state index contributed by atoms with van der Waals surface area (Å²) in [6, 6.07) is 14.4. The van der Waals surface area contributed by atoms with Gasteiger partial charge in [-0.05, 0) is 30.3 Å². The van der Waals surface area contributed by atoms with E-state index in [1.807, 2.05) is 18.2 Å². The van der Waals surface area contributed by atoms with Gasteiger partial charge in [0.1, 0.15) is 0 Å². The molecule has 0 amide bonds. The molecule has 0 bridgehead atoms. The number of rotatable bonds is 5. The second-order valence-electron chi connectivity index (χ2n) is 7.93. The number of aliphatic imine (C=N–C) groups is 1. The summed E-state index contributed by atoms with van der Waals surface area (Å²) in [5.41, 5.74) is 9.40. The van der Waals surface area contributed by atoms with Crippen molar-refractivity contribution in [2.24, 2.45) is 10.7 Å². The van der Waals surface area contributed by atoms with Crippen LogP contribution in [0, 0.1) is 0 Å². The summed E-state index contributed by atoms with van der Waals surface area (Å²) in [6.07, 6.45) is 0.884. The van der Waals surface area contributed by atoms with Crippen molar-refractivity contribution in [3.63, 3.8) is 0 Å². The third kappa shape index (κ3) is 5.64. The Labute approximate surface area is 178 Å². The number of nitrogens with zero attached hydrogens (tertiary/aromatic N) is 3. The fourth-order valence-corrected chi connectivity index (χ4v) is 3.62. The molecule has 2 aromatic rings. The summed E-state index contributed by atoms with van der Waals surface area (Å²) in [7, 11) is 2.18. The lowest BCUT2D eigenvalue weighted by molar-refractivity contribution is 0.148. The minimum Gasteiger partial charge on any atom is -0.490 e. The molecule has 1 saturated heterocycles. The molecular weight excluding hydrogens is 378 g/mol. The first-order valence-electron chi connectivity index (χ1n) is 10.6. The summed E-state index contributed by atoms with van der Waals surface area (Å²) in [5, 5.41) is 3.13. The van der Waals surface area contributed by atoms with Gasteiger partial charge < -0.3 is 25.4 Å². The van der Waals surface area contributed by atoms with E-state index >= 15 is 0 Å². The average Bonchev–Trinajstić information content (AvgIpc) is 3.00. The van der Waals surface area contributed by atoms with Gasteiger partial charge in [-0.3, -0.25) is 4.90 Å². The number of piperazine rings is 1. The molecule has 7 heteroatoms. The smallest absolute Gasteiger partial charge is 0.193 e. The van der Waals surface area contributed by atoms with Crippen LogP contribution in [0.2, 0.25) is 0 Å². The van der Waals surface area contributed by atoms with E-state index in [1.165, 1.54) is 5.56 Å². The highest BCUT2D eigenvalue weighted by molar-refractivity contribution is 5.92. The van der Waals surface area contributed by atoms with Crippen LogP contribution < -0.4 is 20.5 Å². The predicted octanol–water partition coefficient (Wildman–Crippen LogP) is 2.52. The number of nitrogens with one attached hydrogen (secondary N) is 1. The molecule has 0 aliphatic carbocycles. The number of hydrogen-bond acceptors (Lipinski definition) is 5. The van der Waals surface area contributed by atoms with E-state index in [2.05, 4.69) is 51.4 Å². The highest BCUT2D eigenvalue weighted by Gasteiger charge is 2.14. The minimum absolute atomic E-state index is 0.381. The van der Waals surface area contributed by atoms with E-state index in [9.17, 15) is 0 Å². The van der Waals surface area contributed by atoms with Gasteiger partial charge in [0, 0.05) is 50.9 Å². The molecule has 2 heterocycles. The molecule has 2 aliphatic heterocycles. The zero-order valence-electron chi connectivity index (χ0n) is 17.6. The monoisotopic (exact) mass is 409 g/mol. The molecule has 0 aromatic heterocycles. The molecule has 7 nitrogen and oxygen atoms in total. The van der Waals surface area contributed by atoms with Crippen LogP contribution in [0.15, 0.2) is 47.5 Å². The lowest BCUT2D eigenvalue weighted by Gasteiger charge is -2.32. The van der Waals surface area contributed by atoms with E-state index < -0.39 is 0 Å². The van der Waals surface area contributed by atoms with Crippen LogP contribution in [0.1, 0.15) is 17.5 Å². The second-order valence-corrected chi connectivity index (χ2v) is 7.93. The fraction of sp³-hybridized carbons (Fsp3) is 0.435. The SMILES string of the molecule is CN1CCN(Cc2ccc(CN=C(N)Nc3ccc4c(c3)OCCCO4)cc2)CC1. The molecule has 0 unspecified atom stereocenters. The van der Waals surface area contributed by atoms with E-state index in [0.717, 1.165) is 61.9 Å². The quantitative estimate of drug-likeness (QED) is 0.584. The van der Waals surface area contributed by atoms with Crippen molar-refractivity contribution in [2.75, 3.05) is 51.8 Å². The van der Waals surface area contributed by atoms with Crippen molar-refractivity contribution in [2.45, 2.75) is 19.5 Å². The van der Waals surface area contributed by atoms with E-state index in [-0.39, 0.29) is 0 Å². The summed E-state index contributed by atoms with van der Waals surface area (Å²) in [5.74, 6) is 1.89. The topological polar surface area (TPSA) is 75.4 Å². The molecule has 2 aromatic carbocycles. The van der Waals surface area contributed by atoms with Crippen LogP contribution in [0.5, 0.6) is 11.5 Å². The summed E-state index contributed by atoms with van der Waals surface area (Å²) >= 11 is 0. The number of fused-ring (bicyclic) bond motifs is 1. The first kappa shape index (κ1) is 20.5. The molecule has 4 rings (SSSR count). The van der Waals surface area contributed by atoms with Gasteiger partial charge in [0.05, 0.1) is 19.8 Å².